The lowest BCUT2D eigenvalue weighted by Crippen LogP contribution is -2.32. The van der Waals surface area contributed by atoms with Crippen molar-refractivity contribution in [2.45, 2.75) is 18.9 Å². The number of aromatic hydroxyl groups is 1. The van der Waals surface area contributed by atoms with Gasteiger partial charge in [-0.05, 0) is 36.8 Å². The summed E-state index contributed by atoms with van der Waals surface area (Å²) in [6, 6.07) is 11.6. The molecule has 1 aliphatic rings. The molecule has 0 spiro atoms. The third kappa shape index (κ3) is 2.76. The molecule has 1 N–H and O–H groups in total. The van der Waals surface area contributed by atoms with Gasteiger partial charge in [-0.1, -0.05) is 18.2 Å². The first kappa shape index (κ1) is 17.9. The van der Waals surface area contributed by atoms with Gasteiger partial charge in [-0.25, -0.2) is 9.59 Å². The van der Waals surface area contributed by atoms with Crippen molar-refractivity contribution in [1.82, 2.24) is 0 Å². The van der Waals surface area contributed by atoms with Crippen molar-refractivity contribution >= 4 is 16.9 Å². The number of fused-ring (bicyclic) bond motifs is 3. The van der Waals surface area contributed by atoms with Gasteiger partial charge in [-0.15, -0.1) is 0 Å². The molecule has 1 aromatic heterocycles. The molecule has 0 aliphatic carbocycles. The fourth-order valence-electron chi connectivity index (χ4n) is 3.52. The van der Waals surface area contributed by atoms with Crippen LogP contribution in [0.4, 0.5) is 0 Å². The number of para-hydroxylation sites is 1. The zero-order chi connectivity index (χ0) is 19.8. The molecular weight excluding hydrogens is 364 g/mol. The second kappa shape index (κ2) is 6.92. The molecule has 0 radical (unpaired) electrons. The van der Waals surface area contributed by atoms with E-state index in [1.165, 1.54) is 13.2 Å². The Bertz CT molecular complexity index is 1120. The van der Waals surface area contributed by atoms with Gasteiger partial charge >= 0.3 is 11.6 Å². The summed E-state index contributed by atoms with van der Waals surface area (Å²) in [5.41, 5.74) is 0.592. The van der Waals surface area contributed by atoms with E-state index >= 15 is 0 Å². The predicted molar refractivity (Wildman–Crippen MR) is 100 cm³/mol. The molecule has 2 heterocycles. The number of esters is 1. The van der Waals surface area contributed by atoms with E-state index < -0.39 is 23.6 Å². The highest BCUT2D eigenvalue weighted by atomic mass is 16.6. The number of benzene rings is 2. The number of hydrogen-bond acceptors (Lipinski definition) is 7. The molecule has 0 saturated carbocycles. The normalized spacial score (nSPS) is 17.8. The van der Waals surface area contributed by atoms with Gasteiger partial charge in [0.2, 0.25) is 6.10 Å². The Balaban J connectivity index is 1.95. The van der Waals surface area contributed by atoms with Gasteiger partial charge in [0.25, 0.3) is 0 Å². The number of carbonyl (C=O) groups excluding carboxylic acids is 1. The Morgan fingerprint density at radius 2 is 2.00 bits per heavy atom. The minimum atomic E-state index is -1.06. The summed E-state index contributed by atoms with van der Waals surface area (Å²) in [7, 11) is 1.42. The first-order chi connectivity index (χ1) is 13.5. The second-order valence-electron chi connectivity index (χ2n) is 6.33. The Kier molecular flexibility index (Phi) is 4.43. The minimum absolute atomic E-state index is 0.0522. The van der Waals surface area contributed by atoms with Crippen LogP contribution in [0.5, 0.6) is 17.2 Å². The molecule has 2 atom stereocenters. The number of ether oxygens (including phenoxy) is 3. The van der Waals surface area contributed by atoms with Crippen LogP contribution in [0.2, 0.25) is 0 Å². The van der Waals surface area contributed by atoms with Crippen LogP contribution in [0.25, 0.3) is 11.0 Å². The Morgan fingerprint density at radius 3 is 2.75 bits per heavy atom. The highest BCUT2D eigenvalue weighted by Gasteiger charge is 2.45. The first-order valence-corrected chi connectivity index (χ1v) is 8.81. The zero-order valence-corrected chi connectivity index (χ0v) is 15.3. The van der Waals surface area contributed by atoms with E-state index in [1.807, 2.05) is 0 Å². The van der Waals surface area contributed by atoms with Crippen LogP contribution in [-0.2, 0) is 9.53 Å². The number of phenolic OH excluding ortho intramolecular Hbond substituents is 1. The quantitative estimate of drug-likeness (QED) is 0.547. The van der Waals surface area contributed by atoms with E-state index in [4.69, 9.17) is 18.6 Å². The topological polar surface area (TPSA) is 95.2 Å². The van der Waals surface area contributed by atoms with Gasteiger partial charge in [0.1, 0.15) is 11.3 Å². The standard InChI is InChI=1S/C21H18O7/c1-3-26-21(24)19-16(11-8-9-13(22)15(10-11)25-2)17-18(28-19)12-6-4-5-7-14(12)27-20(17)23/h4-10,16,19,22H,3H2,1-2H3/t16-,19-/m0/s1. The number of phenols is 1. The summed E-state index contributed by atoms with van der Waals surface area (Å²) in [6.07, 6.45) is -1.06. The van der Waals surface area contributed by atoms with Crippen LogP contribution in [0.15, 0.2) is 51.7 Å². The molecular formula is C21H18O7. The maximum absolute atomic E-state index is 12.8. The summed E-state index contributed by atoms with van der Waals surface area (Å²) in [4.78, 5) is 25.4. The highest BCUT2D eigenvalue weighted by molar-refractivity contribution is 5.88. The third-order valence-corrected chi connectivity index (χ3v) is 4.74. The molecule has 28 heavy (non-hydrogen) atoms. The first-order valence-electron chi connectivity index (χ1n) is 8.81. The Labute approximate surface area is 160 Å². The van der Waals surface area contributed by atoms with E-state index in [0.29, 0.717) is 22.3 Å². The second-order valence-corrected chi connectivity index (χ2v) is 6.33. The van der Waals surface area contributed by atoms with Crippen molar-refractivity contribution in [1.29, 1.82) is 0 Å². The zero-order valence-electron chi connectivity index (χ0n) is 15.3. The summed E-state index contributed by atoms with van der Waals surface area (Å²) >= 11 is 0. The van der Waals surface area contributed by atoms with E-state index in [9.17, 15) is 14.7 Å². The smallest absolute Gasteiger partial charge is 0.348 e. The average Bonchev–Trinajstić information content (AvgIpc) is 3.10. The van der Waals surface area contributed by atoms with Crippen LogP contribution in [0.1, 0.15) is 24.0 Å². The van der Waals surface area contributed by atoms with Crippen LogP contribution >= 0.6 is 0 Å². The molecule has 0 fully saturated rings. The third-order valence-electron chi connectivity index (χ3n) is 4.74. The van der Waals surface area contributed by atoms with E-state index in [1.54, 1.807) is 43.3 Å². The minimum Gasteiger partial charge on any atom is -0.504 e. The number of methoxy groups -OCH3 is 1. The van der Waals surface area contributed by atoms with Crippen LogP contribution in [0.3, 0.4) is 0 Å². The van der Waals surface area contributed by atoms with Crippen molar-refractivity contribution in [2.75, 3.05) is 13.7 Å². The maximum Gasteiger partial charge on any atom is 0.348 e. The molecule has 3 aromatic rings. The monoisotopic (exact) mass is 382 g/mol. The Morgan fingerprint density at radius 1 is 1.21 bits per heavy atom. The molecule has 2 aromatic carbocycles. The lowest BCUT2D eigenvalue weighted by molar-refractivity contribution is -0.151. The van der Waals surface area contributed by atoms with Gasteiger partial charge in [0.05, 0.1) is 30.6 Å². The Hall–Kier alpha value is -3.48. The van der Waals surface area contributed by atoms with E-state index in [0.717, 1.165) is 0 Å². The van der Waals surface area contributed by atoms with Gasteiger partial charge in [-0.2, -0.15) is 0 Å². The van der Waals surface area contributed by atoms with Crippen molar-refractivity contribution in [2.24, 2.45) is 0 Å². The van der Waals surface area contributed by atoms with Crippen molar-refractivity contribution in [3.8, 4) is 17.2 Å². The van der Waals surface area contributed by atoms with Gasteiger partial charge < -0.3 is 23.7 Å². The van der Waals surface area contributed by atoms with E-state index in [2.05, 4.69) is 0 Å². The lowest BCUT2D eigenvalue weighted by atomic mass is 9.88. The molecule has 0 amide bonds. The average molecular weight is 382 g/mol. The molecule has 7 nitrogen and oxygen atoms in total. The molecule has 4 rings (SSSR count). The molecule has 1 aliphatic heterocycles. The van der Waals surface area contributed by atoms with Crippen molar-refractivity contribution in [3.05, 3.63) is 64.0 Å². The largest absolute Gasteiger partial charge is 0.504 e. The van der Waals surface area contributed by atoms with Crippen LogP contribution in [0, 0.1) is 0 Å². The van der Waals surface area contributed by atoms with E-state index in [-0.39, 0.29) is 23.7 Å². The fourth-order valence-corrected chi connectivity index (χ4v) is 3.52. The number of hydrogen-bond donors (Lipinski definition) is 1. The van der Waals surface area contributed by atoms with Crippen LogP contribution < -0.4 is 15.1 Å². The van der Waals surface area contributed by atoms with Crippen molar-refractivity contribution < 1.29 is 28.5 Å². The number of carbonyl (C=O) groups is 1. The SMILES string of the molecule is CCOC(=O)[C@H]1Oc2c(c(=O)oc3ccccc23)[C@@H]1c1ccc(O)c(OC)c1. The van der Waals surface area contributed by atoms with Gasteiger partial charge in [0, 0.05) is 0 Å². The fraction of sp³-hybridized carbons (Fsp3) is 0.238. The number of rotatable bonds is 4. The molecule has 0 bridgehead atoms. The summed E-state index contributed by atoms with van der Waals surface area (Å²) in [5, 5.41) is 10.5. The molecule has 7 heteroatoms. The molecule has 0 saturated heterocycles. The predicted octanol–water partition coefficient (Wildman–Crippen LogP) is 2.96. The van der Waals surface area contributed by atoms with Crippen molar-refractivity contribution in [3.63, 3.8) is 0 Å². The molecule has 144 valence electrons. The molecule has 0 unspecified atom stereocenters. The lowest BCUT2D eigenvalue weighted by Gasteiger charge is -2.18. The van der Waals surface area contributed by atoms with Gasteiger partial charge in [0.15, 0.2) is 11.5 Å². The summed E-state index contributed by atoms with van der Waals surface area (Å²) in [6.45, 7) is 1.87. The van der Waals surface area contributed by atoms with Crippen LogP contribution in [-0.4, -0.2) is 30.9 Å². The maximum atomic E-state index is 12.8. The highest BCUT2D eigenvalue weighted by Crippen LogP contribution is 2.45. The summed E-state index contributed by atoms with van der Waals surface area (Å²) < 4.78 is 21.7. The van der Waals surface area contributed by atoms with Gasteiger partial charge in [-0.3, -0.25) is 0 Å². The summed E-state index contributed by atoms with van der Waals surface area (Å²) in [5.74, 6) is -0.868.